The maximum atomic E-state index is 12.4. The molecule has 0 amide bonds. The van der Waals surface area contributed by atoms with E-state index in [9.17, 15) is 18.0 Å². The first-order valence-corrected chi connectivity index (χ1v) is 8.58. The molecule has 0 bridgehead atoms. The van der Waals surface area contributed by atoms with Crippen molar-refractivity contribution >= 4 is 21.8 Å². The second-order valence-corrected chi connectivity index (χ2v) is 7.67. The fourth-order valence-electron chi connectivity index (χ4n) is 2.34. The fourth-order valence-corrected chi connectivity index (χ4v) is 4.09. The van der Waals surface area contributed by atoms with Crippen LogP contribution in [0.15, 0.2) is 12.2 Å². The van der Waals surface area contributed by atoms with Crippen molar-refractivity contribution in [3.63, 3.8) is 0 Å². The normalized spacial score (nSPS) is 28.7. The first-order valence-electron chi connectivity index (χ1n) is 6.86. The van der Waals surface area contributed by atoms with E-state index >= 15 is 0 Å². The van der Waals surface area contributed by atoms with Crippen molar-refractivity contribution in [2.45, 2.75) is 45.3 Å². The lowest BCUT2D eigenvalue weighted by Gasteiger charge is -2.39. The molecule has 1 rings (SSSR count). The third-order valence-corrected chi connectivity index (χ3v) is 5.09. The standard InChI is InChI=1S/C14H22O7S/c1-8(2)7-22(17,18)14-13(21-11(5)16)12(20-10(4)15)9(3)6-19-14/h9,12-14H,1,6-7H2,2-5H3/t9-,12+,13-,14?/m1/s1. The third-order valence-electron chi connectivity index (χ3n) is 3.08. The summed E-state index contributed by atoms with van der Waals surface area (Å²) in [5.41, 5.74) is -0.943. The molecule has 1 unspecified atom stereocenters. The highest BCUT2D eigenvalue weighted by atomic mass is 32.2. The lowest BCUT2D eigenvalue weighted by molar-refractivity contribution is -0.193. The van der Waals surface area contributed by atoms with Gasteiger partial charge in [-0.15, -0.1) is 0 Å². The third kappa shape index (κ3) is 4.81. The topological polar surface area (TPSA) is 96.0 Å². The second kappa shape index (κ2) is 7.23. The van der Waals surface area contributed by atoms with Crippen LogP contribution < -0.4 is 0 Å². The molecule has 0 spiro atoms. The number of carbonyl (C=O) groups is 2. The molecule has 0 saturated carbocycles. The Labute approximate surface area is 130 Å². The monoisotopic (exact) mass is 334 g/mol. The summed E-state index contributed by atoms with van der Waals surface area (Å²) in [6.07, 6.45) is -2.07. The Kier molecular flexibility index (Phi) is 6.13. The summed E-state index contributed by atoms with van der Waals surface area (Å²) in [6.45, 7) is 9.33. The maximum Gasteiger partial charge on any atom is 0.303 e. The van der Waals surface area contributed by atoms with E-state index in [0.717, 1.165) is 6.92 Å². The molecule has 126 valence electrons. The van der Waals surface area contributed by atoms with Crippen LogP contribution in [0.3, 0.4) is 0 Å². The van der Waals surface area contributed by atoms with Crippen molar-refractivity contribution in [2.24, 2.45) is 5.92 Å². The van der Waals surface area contributed by atoms with Crippen molar-refractivity contribution in [1.82, 2.24) is 0 Å². The van der Waals surface area contributed by atoms with Gasteiger partial charge in [-0.1, -0.05) is 19.1 Å². The molecule has 0 aromatic rings. The van der Waals surface area contributed by atoms with Gasteiger partial charge in [0.1, 0.15) is 6.10 Å². The highest BCUT2D eigenvalue weighted by Crippen LogP contribution is 2.29. The molecule has 0 aliphatic carbocycles. The number of sulfone groups is 1. The molecule has 22 heavy (non-hydrogen) atoms. The zero-order chi connectivity index (χ0) is 17.1. The summed E-state index contributed by atoms with van der Waals surface area (Å²) in [6, 6.07) is 0. The van der Waals surface area contributed by atoms with Gasteiger partial charge in [-0.2, -0.15) is 0 Å². The average molecular weight is 334 g/mol. The molecule has 1 aliphatic rings. The minimum Gasteiger partial charge on any atom is -0.458 e. The zero-order valence-corrected chi connectivity index (χ0v) is 14.0. The quantitative estimate of drug-likeness (QED) is 0.543. The van der Waals surface area contributed by atoms with Crippen LogP contribution in [-0.4, -0.2) is 50.4 Å². The first-order chi connectivity index (χ1) is 10.0. The maximum absolute atomic E-state index is 12.4. The van der Waals surface area contributed by atoms with Crippen molar-refractivity contribution in [3.8, 4) is 0 Å². The summed E-state index contributed by atoms with van der Waals surface area (Å²) in [5, 5.41) is 0. The van der Waals surface area contributed by atoms with E-state index in [1.807, 2.05) is 0 Å². The van der Waals surface area contributed by atoms with Crippen LogP contribution in [0.5, 0.6) is 0 Å². The molecule has 7 nitrogen and oxygen atoms in total. The van der Waals surface area contributed by atoms with Crippen molar-refractivity contribution in [2.75, 3.05) is 12.4 Å². The zero-order valence-electron chi connectivity index (χ0n) is 13.2. The summed E-state index contributed by atoms with van der Waals surface area (Å²) >= 11 is 0. The number of esters is 2. The highest BCUT2D eigenvalue weighted by Gasteiger charge is 2.48. The first kappa shape index (κ1) is 18.6. The van der Waals surface area contributed by atoms with Crippen molar-refractivity contribution in [3.05, 3.63) is 12.2 Å². The Bertz CT molecular complexity index is 552. The molecule has 0 N–H and O–H groups in total. The van der Waals surface area contributed by atoms with E-state index in [4.69, 9.17) is 14.2 Å². The van der Waals surface area contributed by atoms with E-state index in [1.165, 1.54) is 6.92 Å². The van der Waals surface area contributed by atoms with Gasteiger partial charge in [0, 0.05) is 19.8 Å². The smallest absolute Gasteiger partial charge is 0.303 e. The van der Waals surface area contributed by atoms with Gasteiger partial charge in [0.15, 0.2) is 21.4 Å². The molecule has 1 heterocycles. The Morgan fingerprint density at radius 1 is 1.14 bits per heavy atom. The van der Waals surface area contributed by atoms with Crippen LogP contribution in [0.1, 0.15) is 27.7 Å². The molecule has 1 saturated heterocycles. The molecule has 0 radical (unpaired) electrons. The van der Waals surface area contributed by atoms with E-state index in [1.54, 1.807) is 13.8 Å². The Morgan fingerprint density at radius 2 is 1.64 bits per heavy atom. The van der Waals surface area contributed by atoms with E-state index < -0.39 is 39.4 Å². The largest absolute Gasteiger partial charge is 0.458 e. The summed E-state index contributed by atoms with van der Waals surface area (Å²) < 4.78 is 40.5. The Balaban J connectivity index is 3.15. The summed E-state index contributed by atoms with van der Waals surface area (Å²) in [4.78, 5) is 22.6. The van der Waals surface area contributed by atoms with Crippen LogP contribution in [0, 0.1) is 5.92 Å². The van der Waals surface area contributed by atoms with Crippen LogP contribution in [-0.2, 0) is 33.6 Å². The Morgan fingerprint density at radius 3 is 2.09 bits per heavy atom. The van der Waals surface area contributed by atoms with Gasteiger partial charge in [0.2, 0.25) is 0 Å². The van der Waals surface area contributed by atoms with Gasteiger partial charge in [-0.05, 0) is 6.92 Å². The van der Waals surface area contributed by atoms with Gasteiger partial charge in [-0.25, -0.2) is 8.42 Å². The molecule has 0 aromatic heterocycles. The predicted molar refractivity (Wildman–Crippen MR) is 78.6 cm³/mol. The van der Waals surface area contributed by atoms with Crippen LogP contribution in [0.2, 0.25) is 0 Å². The lowest BCUT2D eigenvalue weighted by atomic mass is 9.98. The molecule has 8 heteroatoms. The van der Waals surface area contributed by atoms with Gasteiger partial charge in [-0.3, -0.25) is 9.59 Å². The van der Waals surface area contributed by atoms with Gasteiger partial charge >= 0.3 is 11.9 Å². The second-order valence-electron chi connectivity index (χ2n) is 5.59. The molecule has 4 atom stereocenters. The van der Waals surface area contributed by atoms with Crippen LogP contribution in [0.25, 0.3) is 0 Å². The van der Waals surface area contributed by atoms with Gasteiger partial charge in [0.25, 0.3) is 0 Å². The number of ether oxygens (including phenoxy) is 3. The van der Waals surface area contributed by atoms with E-state index in [2.05, 4.69) is 6.58 Å². The van der Waals surface area contributed by atoms with Gasteiger partial charge < -0.3 is 14.2 Å². The van der Waals surface area contributed by atoms with E-state index in [0.29, 0.717) is 5.57 Å². The highest BCUT2D eigenvalue weighted by molar-refractivity contribution is 7.92. The van der Waals surface area contributed by atoms with Crippen LogP contribution >= 0.6 is 0 Å². The SMILES string of the molecule is C=C(C)CS(=O)(=O)C1OC[C@@H](C)[C@H](OC(C)=O)[C@H]1OC(C)=O. The lowest BCUT2D eigenvalue weighted by Crippen LogP contribution is -2.56. The predicted octanol–water partition coefficient (Wildman–Crippen LogP) is 0.833. The minimum atomic E-state index is -3.76. The van der Waals surface area contributed by atoms with Gasteiger partial charge in [0.05, 0.1) is 12.4 Å². The number of carbonyl (C=O) groups excluding carboxylic acids is 2. The van der Waals surface area contributed by atoms with Crippen LogP contribution in [0.4, 0.5) is 0 Å². The van der Waals surface area contributed by atoms with E-state index in [-0.39, 0.29) is 18.3 Å². The molecule has 1 fully saturated rings. The number of rotatable bonds is 5. The van der Waals surface area contributed by atoms with Crippen molar-refractivity contribution in [1.29, 1.82) is 0 Å². The molecule has 1 aliphatic heterocycles. The summed E-state index contributed by atoms with van der Waals surface area (Å²) in [5.74, 6) is -1.84. The average Bonchev–Trinajstić information content (AvgIpc) is 2.30. The molecular formula is C14H22O7S. The van der Waals surface area contributed by atoms with Crippen molar-refractivity contribution < 1.29 is 32.2 Å². The molecular weight excluding hydrogens is 312 g/mol. The fraction of sp³-hybridized carbons (Fsp3) is 0.714. The molecule has 0 aromatic carbocycles. The summed E-state index contributed by atoms with van der Waals surface area (Å²) in [7, 11) is -3.76. The Hall–Kier alpha value is -1.41. The number of hydrogen-bond donors (Lipinski definition) is 0. The number of hydrogen-bond acceptors (Lipinski definition) is 7. The minimum absolute atomic E-state index is 0.0792.